The molecule has 0 atom stereocenters. The van der Waals surface area contributed by atoms with Crippen LogP contribution in [-0.2, 0) is 16.1 Å². The van der Waals surface area contributed by atoms with Crippen LogP contribution in [0.4, 0.5) is 5.69 Å². The first-order valence-corrected chi connectivity index (χ1v) is 5.46. The Labute approximate surface area is 95.9 Å². The predicted molar refractivity (Wildman–Crippen MR) is 65.0 cm³/mol. The maximum Gasteiger partial charge on any atom is 0.0733 e. The molecule has 0 aliphatic carbocycles. The second kappa shape index (κ2) is 5.14. The first-order valence-electron chi connectivity index (χ1n) is 5.46. The zero-order chi connectivity index (χ0) is 11.4. The van der Waals surface area contributed by atoms with E-state index in [1.165, 1.54) is 11.1 Å². The molecule has 0 saturated heterocycles. The van der Waals surface area contributed by atoms with Gasteiger partial charge in [0.25, 0.3) is 0 Å². The molecule has 0 aromatic heterocycles. The molecule has 1 aliphatic heterocycles. The number of rotatable bonds is 3. The smallest absolute Gasteiger partial charge is 0.0733 e. The molecule has 86 valence electrons. The molecular weight excluding hydrogens is 202 g/mol. The van der Waals surface area contributed by atoms with Crippen molar-refractivity contribution in [1.29, 1.82) is 0 Å². The van der Waals surface area contributed by atoms with E-state index in [1.54, 1.807) is 7.11 Å². The molecule has 0 spiro atoms. The van der Waals surface area contributed by atoms with Crippen molar-refractivity contribution in [1.82, 2.24) is 0 Å². The normalized spacial score (nSPS) is 15.9. The molecule has 1 aromatic carbocycles. The summed E-state index contributed by atoms with van der Waals surface area (Å²) in [4.78, 5) is 0. The largest absolute Gasteiger partial charge is 0.398 e. The third-order valence-electron chi connectivity index (χ3n) is 2.78. The van der Waals surface area contributed by atoms with Gasteiger partial charge in [0.05, 0.1) is 19.8 Å². The summed E-state index contributed by atoms with van der Waals surface area (Å²) in [7, 11) is 1.67. The highest BCUT2D eigenvalue weighted by Crippen LogP contribution is 2.25. The maximum atomic E-state index is 5.98. The molecule has 0 radical (unpaired) electrons. The van der Waals surface area contributed by atoms with Gasteiger partial charge in [-0.15, -0.1) is 0 Å². The summed E-state index contributed by atoms with van der Waals surface area (Å²) in [6.07, 6.45) is 3.08. The van der Waals surface area contributed by atoms with Crippen LogP contribution in [0.15, 0.2) is 24.3 Å². The fourth-order valence-electron chi connectivity index (χ4n) is 1.87. The Bertz CT molecular complexity index is 399. The van der Waals surface area contributed by atoms with Gasteiger partial charge in [0.2, 0.25) is 0 Å². The van der Waals surface area contributed by atoms with Crippen LogP contribution in [0.5, 0.6) is 0 Å². The molecule has 2 N–H and O–H groups in total. The molecule has 0 amide bonds. The number of benzene rings is 1. The van der Waals surface area contributed by atoms with Gasteiger partial charge in [-0.2, -0.15) is 0 Å². The quantitative estimate of drug-likeness (QED) is 0.793. The minimum atomic E-state index is 0.564. The monoisotopic (exact) mass is 219 g/mol. The van der Waals surface area contributed by atoms with Crippen molar-refractivity contribution in [3.63, 3.8) is 0 Å². The van der Waals surface area contributed by atoms with Crippen LogP contribution in [0.1, 0.15) is 17.5 Å². The molecule has 1 heterocycles. The van der Waals surface area contributed by atoms with Crippen LogP contribution in [0.3, 0.4) is 0 Å². The average Bonchev–Trinajstić information content (AvgIpc) is 2.33. The van der Waals surface area contributed by atoms with E-state index in [2.05, 4.69) is 12.1 Å². The van der Waals surface area contributed by atoms with Crippen LogP contribution in [0.25, 0.3) is 5.57 Å². The van der Waals surface area contributed by atoms with Gasteiger partial charge in [0.1, 0.15) is 0 Å². The number of ether oxygens (including phenoxy) is 2. The lowest BCUT2D eigenvalue weighted by Gasteiger charge is -2.15. The van der Waals surface area contributed by atoms with Gasteiger partial charge in [0.15, 0.2) is 0 Å². The summed E-state index contributed by atoms with van der Waals surface area (Å²) >= 11 is 0. The van der Waals surface area contributed by atoms with Crippen LogP contribution in [-0.4, -0.2) is 20.3 Å². The van der Waals surface area contributed by atoms with Gasteiger partial charge in [-0.25, -0.2) is 0 Å². The molecule has 0 unspecified atom stereocenters. The Morgan fingerprint density at radius 2 is 2.31 bits per heavy atom. The molecule has 3 heteroatoms. The third kappa shape index (κ3) is 2.43. The van der Waals surface area contributed by atoms with Gasteiger partial charge >= 0.3 is 0 Å². The highest BCUT2D eigenvalue weighted by atomic mass is 16.5. The molecule has 1 aromatic rings. The van der Waals surface area contributed by atoms with Crippen LogP contribution < -0.4 is 5.73 Å². The van der Waals surface area contributed by atoms with Crippen molar-refractivity contribution in [3.05, 3.63) is 35.4 Å². The Balaban J connectivity index is 2.23. The highest BCUT2D eigenvalue weighted by Gasteiger charge is 2.08. The van der Waals surface area contributed by atoms with Gasteiger partial charge in [0, 0.05) is 18.4 Å². The van der Waals surface area contributed by atoms with E-state index in [-0.39, 0.29) is 0 Å². The summed E-state index contributed by atoms with van der Waals surface area (Å²) in [5.74, 6) is 0. The number of nitrogens with two attached hydrogens (primary N) is 1. The van der Waals surface area contributed by atoms with E-state index < -0.39 is 0 Å². The summed E-state index contributed by atoms with van der Waals surface area (Å²) in [6, 6.07) is 6.15. The summed E-state index contributed by atoms with van der Waals surface area (Å²) in [5.41, 5.74) is 10.3. The lowest BCUT2D eigenvalue weighted by molar-refractivity contribution is 0.161. The van der Waals surface area contributed by atoms with Crippen molar-refractivity contribution < 1.29 is 9.47 Å². The zero-order valence-electron chi connectivity index (χ0n) is 9.53. The fraction of sp³-hybridized carbons (Fsp3) is 0.385. The standard InChI is InChI=1S/C13H17NO2/c1-15-9-12-3-2-11(8-13(12)14)10-4-6-16-7-5-10/h2-4,8H,5-7,9,14H2,1H3. The first-order chi connectivity index (χ1) is 7.81. The first kappa shape index (κ1) is 11.2. The average molecular weight is 219 g/mol. The minimum absolute atomic E-state index is 0.564. The van der Waals surface area contributed by atoms with Crippen molar-refractivity contribution in [2.45, 2.75) is 13.0 Å². The summed E-state index contributed by atoms with van der Waals surface area (Å²) in [5, 5.41) is 0. The number of hydrogen-bond donors (Lipinski definition) is 1. The Morgan fingerprint density at radius 3 is 2.94 bits per heavy atom. The molecule has 16 heavy (non-hydrogen) atoms. The second-order valence-electron chi connectivity index (χ2n) is 3.90. The topological polar surface area (TPSA) is 44.5 Å². The van der Waals surface area contributed by atoms with Crippen molar-refractivity contribution in [2.75, 3.05) is 26.1 Å². The van der Waals surface area contributed by atoms with Crippen molar-refractivity contribution in [3.8, 4) is 0 Å². The van der Waals surface area contributed by atoms with E-state index in [4.69, 9.17) is 15.2 Å². The van der Waals surface area contributed by atoms with E-state index in [0.717, 1.165) is 24.3 Å². The molecule has 2 rings (SSSR count). The summed E-state index contributed by atoms with van der Waals surface area (Å²) in [6.45, 7) is 2.06. The number of hydrogen-bond acceptors (Lipinski definition) is 3. The fourth-order valence-corrected chi connectivity index (χ4v) is 1.87. The lowest BCUT2D eigenvalue weighted by atomic mass is 9.99. The molecule has 3 nitrogen and oxygen atoms in total. The van der Waals surface area contributed by atoms with Crippen molar-refractivity contribution in [2.24, 2.45) is 0 Å². The summed E-state index contributed by atoms with van der Waals surface area (Å²) < 4.78 is 10.4. The Hall–Kier alpha value is -1.32. The Morgan fingerprint density at radius 1 is 1.44 bits per heavy atom. The number of anilines is 1. The highest BCUT2D eigenvalue weighted by molar-refractivity contribution is 5.70. The lowest BCUT2D eigenvalue weighted by Crippen LogP contribution is -2.04. The maximum absolute atomic E-state index is 5.98. The van der Waals surface area contributed by atoms with E-state index in [0.29, 0.717) is 13.2 Å². The minimum Gasteiger partial charge on any atom is -0.398 e. The van der Waals surface area contributed by atoms with E-state index >= 15 is 0 Å². The Kier molecular flexibility index (Phi) is 3.59. The van der Waals surface area contributed by atoms with Gasteiger partial charge in [-0.1, -0.05) is 18.2 Å². The SMILES string of the molecule is COCc1ccc(C2=CCOCC2)cc1N. The zero-order valence-corrected chi connectivity index (χ0v) is 9.53. The molecule has 0 saturated carbocycles. The molecule has 0 fully saturated rings. The van der Waals surface area contributed by atoms with Gasteiger partial charge in [-0.05, 0) is 23.6 Å². The third-order valence-corrected chi connectivity index (χ3v) is 2.78. The number of methoxy groups -OCH3 is 1. The van der Waals surface area contributed by atoms with Gasteiger partial charge in [-0.3, -0.25) is 0 Å². The molecule has 0 bridgehead atoms. The van der Waals surface area contributed by atoms with Gasteiger partial charge < -0.3 is 15.2 Å². The van der Waals surface area contributed by atoms with Crippen LogP contribution >= 0.6 is 0 Å². The second-order valence-corrected chi connectivity index (χ2v) is 3.90. The van der Waals surface area contributed by atoms with Crippen molar-refractivity contribution >= 4 is 11.3 Å². The predicted octanol–water partition coefficient (Wildman–Crippen LogP) is 2.22. The van der Waals surface area contributed by atoms with Crippen LogP contribution in [0.2, 0.25) is 0 Å². The van der Waals surface area contributed by atoms with E-state index in [9.17, 15) is 0 Å². The van der Waals surface area contributed by atoms with E-state index in [1.807, 2.05) is 12.1 Å². The molecule has 1 aliphatic rings. The number of nitrogen functional groups attached to an aromatic ring is 1. The van der Waals surface area contributed by atoms with Crippen LogP contribution in [0, 0.1) is 0 Å². The molecular formula is C13H17NO2.